The van der Waals surface area contributed by atoms with Crippen molar-refractivity contribution in [1.82, 2.24) is 15.1 Å². The lowest BCUT2D eigenvalue weighted by Crippen LogP contribution is -2.29. The minimum Gasteiger partial charge on any atom is -0.507 e. The van der Waals surface area contributed by atoms with Crippen LogP contribution in [0.5, 0.6) is 5.75 Å². The van der Waals surface area contributed by atoms with Crippen molar-refractivity contribution in [3.63, 3.8) is 0 Å². The van der Waals surface area contributed by atoms with Crippen LogP contribution in [0.2, 0.25) is 0 Å². The first-order chi connectivity index (χ1) is 15.8. The Labute approximate surface area is 199 Å². The highest BCUT2D eigenvalue weighted by molar-refractivity contribution is 9.10. The van der Waals surface area contributed by atoms with Gasteiger partial charge in [0.15, 0.2) is 0 Å². The average Bonchev–Trinajstić information content (AvgIpc) is 3.32. The highest BCUT2D eigenvalue weighted by atomic mass is 79.9. The monoisotopic (exact) mass is 505 g/mol. The van der Waals surface area contributed by atoms with Gasteiger partial charge >= 0.3 is 0 Å². The number of aryl methyl sites for hydroxylation is 2. The van der Waals surface area contributed by atoms with Gasteiger partial charge < -0.3 is 10.0 Å². The second-order valence-electron chi connectivity index (χ2n) is 8.35. The Bertz CT molecular complexity index is 1360. The molecule has 7 heteroatoms. The van der Waals surface area contributed by atoms with Crippen molar-refractivity contribution < 1.29 is 14.3 Å². The van der Waals surface area contributed by atoms with Crippen LogP contribution in [0, 0.1) is 19.7 Å². The molecule has 0 saturated heterocycles. The molecule has 3 aromatic carbocycles. The van der Waals surface area contributed by atoms with Gasteiger partial charge in [-0.1, -0.05) is 46.3 Å². The maximum Gasteiger partial charge on any atom is 0.273 e. The fraction of sp³-hybridized carbons (Fsp3) is 0.154. The van der Waals surface area contributed by atoms with Gasteiger partial charge in [-0.05, 0) is 66.4 Å². The van der Waals surface area contributed by atoms with Gasteiger partial charge in [0.2, 0.25) is 0 Å². The topological polar surface area (TPSA) is 69.2 Å². The second-order valence-corrected chi connectivity index (χ2v) is 9.27. The number of halogens is 2. The smallest absolute Gasteiger partial charge is 0.273 e. The summed E-state index contributed by atoms with van der Waals surface area (Å²) in [7, 11) is 0. The molecule has 5 nitrogen and oxygen atoms in total. The van der Waals surface area contributed by atoms with Crippen LogP contribution in [0.3, 0.4) is 0 Å². The zero-order chi connectivity index (χ0) is 23.3. The number of carbonyl (C=O) groups is 1. The molecular formula is C26H21BrFN3O2. The van der Waals surface area contributed by atoms with E-state index >= 15 is 0 Å². The third-order valence-corrected chi connectivity index (χ3v) is 6.54. The Morgan fingerprint density at radius 3 is 2.48 bits per heavy atom. The van der Waals surface area contributed by atoms with Gasteiger partial charge in [-0.2, -0.15) is 5.10 Å². The molecular weight excluding hydrogens is 485 g/mol. The number of amides is 1. The molecule has 0 spiro atoms. The number of carbonyl (C=O) groups excluding carboxylic acids is 1. The summed E-state index contributed by atoms with van der Waals surface area (Å²) in [5.41, 5.74) is 5.74. The van der Waals surface area contributed by atoms with Crippen LogP contribution in [0.4, 0.5) is 4.39 Å². The summed E-state index contributed by atoms with van der Waals surface area (Å²) in [5.74, 6) is -0.364. The van der Waals surface area contributed by atoms with E-state index in [2.05, 4.69) is 26.1 Å². The number of aromatic nitrogens is 2. The molecule has 1 aliphatic heterocycles. The summed E-state index contributed by atoms with van der Waals surface area (Å²) >= 11 is 3.47. The number of aromatic amines is 1. The van der Waals surface area contributed by atoms with Crippen LogP contribution < -0.4 is 0 Å². The molecule has 1 aliphatic rings. The number of rotatable bonds is 4. The van der Waals surface area contributed by atoms with E-state index in [-0.39, 0.29) is 17.5 Å². The third-order valence-electron chi connectivity index (χ3n) is 6.02. The van der Waals surface area contributed by atoms with E-state index in [1.54, 1.807) is 17.0 Å². The van der Waals surface area contributed by atoms with E-state index in [9.17, 15) is 14.3 Å². The Kier molecular flexibility index (Phi) is 5.29. The fourth-order valence-electron chi connectivity index (χ4n) is 4.48. The minimum atomic E-state index is -0.417. The number of phenolic OH excluding ortho intramolecular Hbond substituents is 1. The van der Waals surface area contributed by atoms with Crippen LogP contribution >= 0.6 is 15.9 Å². The van der Waals surface area contributed by atoms with Crippen molar-refractivity contribution in [1.29, 1.82) is 0 Å². The molecule has 0 fully saturated rings. The molecule has 0 bridgehead atoms. The molecule has 166 valence electrons. The lowest BCUT2D eigenvalue weighted by molar-refractivity contribution is 0.0730. The fourth-order valence-corrected chi connectivity index (χ4v) is 4.75. The lowest BCUT2D eigenvalue weighted by Gasteiger charge is -2.26. The minimum absolute atomic E-state index is 0.147. The number of H-pyrrole nitrogens is 1. The standard InChI is InChI=1S/C26H21BrFN3O2/c1-14-11-15(2)25(32)20(12-14)22-21-23(30-29-22)26(33)31(13-16-3-9-19(28)10-4-16)24(21)17-5-7-18(27)8-6-17/h3-12,24,32H,13H2,1-2H3,(H,29,30). The van der Waals surface area contributed by atoms with Gasteiger partial charge in [0.1, 0.15) is 23.0 Å². The number of nitrogens with one attached hydrogen (secondary N) is 1. The van der Waals surface area contributed by atoms with E-state index in [4.69, 9.17) is 0 Å². The zero-order valence-electron chi connectivity index (χ0n) is 18.1. The van der Waals surface area contributed by atoms with Crippen molar-refractivity contribution >= 4 is 21.8 Å². The number of hydrogen-bond donors (Lipinski definition) is 2. The number of fused-ring (bicyclic) bond motifs is 1. The third kappa shape index (κ3) is 3.72. The first-order valence-electron chi connectivity index (χ1n) is 10.5. The van der Waals surface area contributed by atoms with Gasteiger partial charge in [-0.15, -0.1) is 0 Å². The van der Waals surface area contributed by atoms with Gasteiger partial charge in [0.05, 0.1) is 6.04 Å². The second kappa shape index (κ2) is 8.15. The van der Waals surface area contributed by atoms with Crippen molar-refractivity contribution in [3.8, 4) is 17.0 Å². The van der Waals surface area contributed by atoms with Crippen LogP contribution in [-0.2, 0) is 6.54 Å². The first kappa shape index (κ1) is 21.4. The molecule has 33 heavy (non-hydrogen) atoms. The highest BCUT2D eigenvalue weighted by Crippen LogP contribution is 2.45. The van der Waals surface area contributed by atoms with Crippen molar-refractivity contribution in [3.05, 3.63) is 104 Å². The van der Waals surface area contributed by atoms with Gasteiger partial charge in [0, 0.05) is 22.1 Å². The van der Waals surface area contributed by atoms with Crippen molar-refractivity contribution in [2.75, 3.05) is 0 Å². The van der Waals surface area contributed by atoms with Crippen LogP contribution in [0.25, 0.3) is 11.3 Å². The predicted molar refractivity (Wildman–Crippen MR) is 127 cm³/mol. The lowest BCUT2D eigenvalue weighted by atomic mass is 9.94. The molecule has 2 heterocycles. The summed E-state index contributed by atoms with van der Waals surface area (Å²) in [5, 5.41) is 18.2. The maximum atomic E-state index is 13.5. The first-order valence-corrected chi connectivity index (χ1v) is 11.3. The van der Waals surface area contributed by atoms with Crippen LogP contribution in [-0.4, -0.2) is 26.1 Å². The highest BCUT2D eigenvalue weighted by Gasteiger charge is 2.42. The summed E-state index contributed by atoms with van der Waals surface area (Å²) in [4.78, 5) is 15.2. The molecule has 1 atom stereocenters. The summed E-state index contributed by atoms with van der Waals surface area (Å²) in [6.07, 6.45) is 0. The van der Waals surface area contributed by atoms with Gasteiger partial charge in [-0.25, -0.2) is 4.39 Å². The molecule has 2 N–H and O–H groups in total. The van der Waals surface area contributed by atoms with E-state index < -0.39 is 6.04 Å². The van der Waals surface area contributed by atoms with E-state index in [1.165, 1.54) is 12.1 Å². The molecule has 0 aliphatic carbocycles. The Hall–Kier alpha value is -3.45. The van der Waals surface area contributed by atoms with E-state index in [0.717, 1.165) is 32.3 Å². The van der Waals surface area contributed by atoms with Crippen LogP contribution in [0.1, 0.15) is 44.3 Å². The summed E-state index contributed by atoms with van der Waals surface area (Å²) in [6, 6.07) is 17.3. The molecule has 0 radical (unpaired) electrons. The Morgan fingerprint density at radius 2 is 1.79 bits per heavy atom. The molecule has 1 unspecified atom stereocenters. The molecule has 1 aromatic heterocycles. The van der Waals surface area contributed by atoms with Crippen molar-refractivity contribution in [2.24, 2.45) is 0 Å². The number of nitrogens with zero attached hydrogens (tertiary/aromatic N) is 2. The van der Waals surface area contributed by atoms with E-state index in [1.807, 2.05) is 50.2 Å². The zero-order valence-corrected chi connectivity index (χ0v) is 19.6. The summed E-state index contributed by atoms with van der Waals surface area (Å²) < 4.78 is 14.4. The largest absolute Gasteiger partial charge is 0.507 e. The molecule has 4 aromatic rings. The van der Waals surface area contributed by atoms with Crippen molar-refractivity contribution in [2.45, 2.75) is 26.4 Å². The average molecular weight is 506 g/mol. The molecule has 5 rings (SSSR count). The normalized spacial score (nSPS) is 15.2. The number of phenols is 1. The predicted octanol–water partition coefficient (Wildman–Crippen LogP) is 6.05. The van der Waals surface area contributed by atoms with Gasteiger partial charge in [-0.3, -0.25) is 9.89 Å². The van der Waals surface area contributed by atoms with Gasteiger partial charge in [0.25, 0.3) is 5.91 Å². The quantitative estimate of drug-likeness (QED) is 0.354. The van der Waals surface area contributed by atoms with Crippen LogP contribution in [0.15, 0.2) is 65.1 Å². The molecule has 0 saturated carbocycles. The Balaban J connectivity index is 1.67. The summed E-state index contributed by atoms with van der Waals surface area (Å²) in [6.45, 7) is 4.11. The number of benzene rings is 3. The maximum absolute atomic E-state index is 13.5. The SMILES string of the molecule is Cc1cc(C)c(O)c(-c2n[nH]c3c2C(c2ccc(Br)cc2)N(Cc2ccc(F)cc2)C3=O)c1. The number of aromatic hydroxyl groups is 1. The molecule has 1 amide bonds. The Morgan fingerprint density at radius 1 is 1.09 bits per heavy atom. The van der Waals surface area contributed by atoms with E-state index in [0.29, 0.717) is 23.5 Å². The number of hydrogen-bond acceptors (Lipinski definition) is 3.